The van der Waals surface area contributed by atoms with Crippen LogP contribution in [-0.2, 0) is 0 Å². The summed E-state index contributed by atoms with van der Waals surface area (Å²) < 4.78 is 1.78. The maximum absolute atomic E-state index is 11.0. The molecule has 0 bridgehead atoms. The Hall–Kier alpha value is -2.62. The Morgan fingerprint density at radius 2 is 2.24 bits per heavy atom. The molecule has 21 heavy (non-hydrogen) atoms. The molecule has 1 N–H and O–H groups in total. The average molecular weight is 282 g/mol. The Kier molecular flexibility index (Phi) is 4.72. The van der Waals surface area contributed by atoms with Crippen molar-refractivity contribution in [1.29, 1.82) is 0 Å². The van der Waals surface area contributed by atoms with E-state index in [4.69, 9.17) is 5.11 Å². The van der Waals surface area contributed by atoms with Crippen LogP contribution < -0.4 is 0 Å². The van der Waals surface area contributed by atoms with Crippen LogP contribution in [0.15, 0.2) is 54.9 Å². The molecule has 0 fully saturated rings. The second-order valence-electron chi connectivity index (χ2n) is 4.67. The maximum atomic E-state index is 11.0. The number of carbonyl (C=O) groups is 1. The van der Waals surface area contributed by atoms with Crippen LogP contribution in [0, 0.1) is 6.92 Å². The van der Waals surface area contributed by atoms with Gasteiger partial charge in [0.2, 0.25) is 0 Å². The number of carboxylic acids is 1. The number of aromatic carboxylic acids is 1. The van der Waals surface area contributed by atoms with Crippen molar-refractivity contribution in [3.05, 3.63) is 71.6 Å². The molecular formula is C17H18N2O2. The van der Waals surface area contributed by atoms with Crippen molar-refractivity contribution in [2.45, 2.75) is 20.3 Å². The van der Waals surface area contributed by atoms with Gasteiger partial charge < -0.3 is 5.11 Å². The highest BCUT2D eigenvalue weighted by Gasteiger charge is 2.10. The third kappa shape index (κ3) is 3.48. The molecule has 0 spiro atoms. The quantitative estimate of drug-likeness (QED) is 0.850. The first-order valence-electron chi connectivity index (χ1n) is 6.84. The van der Waals surface area contributed by atoms with Crippen LogP contribution in [0.25, 0.3) is 5.70 Å². The first-order valence-corrected chi connectivity index (χ1v) is 6.84. The zero-order valence-electron chi connectivity index (χ0n) is 12.2. The summed E-state index contributed by atoms with van der Waals surface area (Å²) in [6, 6.07) is 6.98. The molecule has 0 aliphatic rings. The zero-order chi connectivity index (χ0) is 15.2. The van der Waals surface area contributed by atoms with Gasteiger partial charge in [0.1, 0.15) is 0 Å². The lowest BCUT2D eigenvalue weighted by atomic mass is 10.0. The monoisotopic (exact) mass is 282 g/mol. The van der Waals surface area contributed by atoms with E-state index in [0.717, 1.165) is 23.2 Å². The van der Waals surface area contributed by atoms with E-state index in [2.05, 4.69) is 18.1 Å². The summed E-state index contributed by atoms with van der Waals surface area (Å²) in [6.45, 7) is 3.98. The number of nitrogens with zero attached hydrogens (tertiary/aromatic N) is 2. The number of allylic oxidation sites excluding steroid dienone is 3. The van der Waals surface area contributed by atoms with Crippen LogP contribution in [0.4, 0.5) is 0 Å². The summed E-state index contributed by atoms with van der Waals surface area (Å²) in [6.07, 6.45) is 10.6. The van der Waals surface area contributed by atoms with Gasteiger partial charge in [-0.3, -0.25) is 0 Å². The Bertz CT molecular complexity index is 683. The molecule has 0 unspecified atom stereocenters. The molecule has 0 radical (unpaired) electrons. The Morgan fingerprint density at radius 3 is 2.81 bits per heavy atom. The van der Waals surface area contributed by atoms with Crippen molar-refractivity contribution in [2.24, 2.45) is 0 Å². The summed E-state index contributed by atoms with van der Waals surface area (Å²) in [7, 11) is 0. The highest BCUT2D eigenvalue weighted by Crippen LogP contribution is 2.21. The molecule has 108 valence electrons. The van der Waals surface area contributed by atoms with Crippen LogP contribution in [-0.4, -0.2) is 20.9 Å². The molecule has 0 amide bonds. The van der Waals surface area contributed by atoms with Gasteiger partial charge in [0.05, 0.1) is 11.3 Å². The lowest BCUT2D eigenvalue weighted by Crippen LogP contribution is -2.03. The minimum Gasteiger partial charge on any atom is -0.478 e. The summed E-state index contributed by atoms with van der Waals surface area (Å²) in [4.78, 5) is 11.0. The molecule has 4 heteroatoms. The van der Waals surface area contributed by atoms with E-state index in [1.54, 1.807) is 23.0 Å². The number of hydrogen-bond acceptors (Lipinski definition) is 2. The highest BCUT2D eigenvalue weighted by molar-refractivity contribution is 5.88. The van der Waals surface area contributed by atoms with Crippen molar-refractivity contribution in [2.75, 3.05) is 0 Å². The van der Waals surface area contributed by atoms with Crippen LogP contribution in [0.3, 0.4) is 0 Å². The van der Waals surface area contributed by atoms with Gasteiger partial charge in [0.15, 0.2) is 0 Å². The van der Waals surface area contributed by atoms with Crippen molar-refractivity contribution in [3.63, 3.8) is 0 Å². The van der Waals surface area contributed by atoms with E-state index in [-0.39, 0.29) is 0 Å². The zero-order valence-corrected chi connectivity index (χ0v) is 12.2. The number of aryl methyl sites for hydroxylation is 1. The average Bonchev–Trinajstić information content (AvgIpc) is 2.98. The van der Waals surface area contributed by atoms with Gasteiger partial charge in [-0.1, -0.05) is 25.1 Å². The third-order valence-electron chi connectivity index (χ3n) is 3.13. The van der Waals surface area contributed by atoms with Gasteiger partial charge in [-0.05, 0) is 43.2 Å². The van der Waals surface area contributed by atoms with Crippen LogP contribution in [0.1, 0.15) is 34.8 Å². The van der Waals surface area contributed by atoms with Crippen molar-refractivity contribution < 1.29 is 9.90 Å². The maximum Gasteiger partial charge on any atom is 0.335 e. The fraction of sp³-hybridized carbons (Fsp3) is 0.176. The summed E-state index contributed by atoms with van der Waals surface area (Å²) in [5, 5.41) is 13.3. The van der Waals surface area contributed by atoms with Crippen molar-refractivity contribution >= 4 is 11.7 Å². The number of hydrogen-bond donors (Lipinski definition) is 1. The molecule has 0 saturated heterocycles. The SMILES string of the molecule is CC/C=C/C=C(\c1ccc(C(=O)O)cc1C)n1cccn1. The molecule has 1 aromatic heterocycles. The van der Waals surface area contributed by atoms with E-state index >= 15 is 0 Å². The largest absolute Gasteiger partial charge is 0.478 e. The Labute approximate surface area is 124 Å². The summed E-state index contributed by atoms with van der Waals surface area (Å²) in [5.41, 5.74) is 3.07. The second kappa shape index (κ2) is 6.70. The van der Waals surface area contributed by atoms with Crippen molar-refractivity contribution in [3.8, 4) is 0 Å². The summed E-state index contributed by atoms with van der Waals surface area (Å²) >= 11 is 0. The van der Waals surface area contributed by atoms with Crippen LogP contribution >= 0.6 is 0 Å². The predicted octanol–water partition coefficient (Wildman–Crippen LogP) is 3.75. The topological polar surface area (TPSA) is 55.1 Å². The molecule has 1 heterocycles. The molecule has 2 aromatic rings. The molecule has 0 saturated carbocycles. The molecule has 0 atom stereocenters. The first-order chi connectivity index (χ1) is 10.1. The van der Waals surface area contributed by atoms with E-state index in [0.29, 0.717) is 5.56 Å². The van der Waals surface area contributed by atoms with Gasteiger partial charge >= 0.3 is 5.97 Å². The minimum absolute atomic E-state index is 0.292. The second-order valence-corrected chi connectivity index (χ2v) is 4.67. The van der Waals surface area contributed by atoms with Crippen molar-refractivity contribution in [1.82, 2.24) is 9.78 Å². The lowest BCUT2D eigenvalue weighted by Gasteiger charge is -2.11. The summed E-state index contributed by atoms with van der Waals surface area (Å²) in [5.74, 6) is -0.917. The molecule has 0 aliphatic heterocycles. The molecule has 0 aliphatic carbocycles. The van der Waals surface area contributed by atoms with E-state index in [9.17, 15) is 4.79 Å². The van der Waals surface area contributed by atoms with E-state index in [1.165, 1.54) is 0 Å². The minimum atomic E-state index is -0.917. The molecule has 1 aromatic carbocycles. The van der Waals surface area contributed by atoms with Gasteiger partial charge in [0, 0.05) is 18.0 Å². The normalized spacial score (nSPS) is 12.0. The standard InChI is InChI=1S/C17H18N2O2/c1-3-4-5-7-16(19-11-6-10-18-19)15-9-8-14(17(20)21)12-13(15)2/h4-12H,3H2,1-2H3,(H,20,21)/b5-4+,16-7+. The fourth-order valence-corrected chi connectivity index (χ4v) is 2.08. The highest BCUT2D eigenvalue weighted by atomic mass is 16.4. The fourth-order valence-electron chi connectivity index (χ4n) is 2.08. The predicted molar refractivity (Wildman–Crippen MR) is 83.2 cm³/mol. The molecular weight excluding hydrogens is 264 g/mol. The van der Waals surface area contributed by atoms with Gasteiger partial charge in [-0.15, -0.1) is 0 Å². The lowest BCUT2D eigenvalue weighted by molar-refractivity contribution is 0.0697. The van der Waals surface area contributed by atoms with Crippen LogP contribution in [0.2, 0.25) is 0 Å². The Balaban J connectivity index is 2.49. The van der Waals surface area contributed by atoms with E-state index < -0.39 is 5.97 Å². The smallest absolute Gasteiger partial charge is 0.335 e. The molecule has 4 nitrogen and oxygen atoms in total. The van der Waals surface area contributed by atoms with E-state index in [1.807, 2.05) is 37.4 Å². The third-order valence-corrected chi connectivity index (χ3v) is 3.13. The number of benzene rings is 1. The van der Waals surface area contributed by atoms with Gasteiger partial charge in [0.25, 0.3) is 0 Å². The van der Waals surface area contributed by atoms with Gasteiger partial charge in [-0.25, -0.2) is 9.48 Å². The van der Waals surface area contributed by atoms with Gasteiger partial charge in [-0.2, -0.15) is 5.10 Å². The number of rotatable bonds is 5. The molecule has 2 rings (SSSR count). The number of aromatic nitrogens is 2. The Morgan fingerprint density at radius 1 is 1.43 bits per heavy atom. The van der Waals surface area contributed by atoms with Crippen LogP contribution in [0.5, 0.6) is 0 Å². The first kappa shape index (κ1) is 14.8. The number of carboxylic acid groups (broad SMARTS) is 1.